The van der Waals surface area contributed by atoms with Crippen LogP contribution in [0.1, 0.15) is 24.5 Å². The van der Waals surface area contributed by atoms with E-state index in [1.54, 1.807) is 7.11 Å². The zero-order chi connectivity index (χ0) is 16.5. The van der Waals surface area contributed by atoms with Crippen LogP contribution in [-0.2, 0) is 4.74 Å². The Morgan fingerprint density at radius 2 is 1.52 bits per heavy atom. The summed E-state index contributed by atoms with van der Waals surface area (Å²) in [7, 11) is 3.62. The van der Waals surface area contributed by atoms with Crippen LogP contribution in [0, 0.1) is 11.8 Å². The molecule has 2 rings (SSSR count). The predicted molar refractivity (Wildman–Crippen MR) is 95.0 cm³/mol. The van der Waals surface area contributed by atoms with Crippen LogP contribution in [0.4, 0.5) is 5.69 Å². The molecule has 0 heterocycles. The van der Waals surface area contributed by atoms with Gasteiger partial charge in [-0.15, -0.1) is 0 Å². The molecule has 23 heavy (non-hydrogen) atoms. The molecule has 0 aliphatic heterocycles. The van der Waals surface area contributed by atoms with Crippen molar-refractivity contribution in [2.24, 2.45) is 0 Å². The molecule has 0 spiro atoms. The zero-order valence-corrected chi connectivity index (χ0v) is 13.9. The van der Waals surface area contributed by atoms with Gasteiger partial charge in [-0.05, 0) is 55.5 Å². The molecule has 0 bridgehead atoms. The van der Waals surface area contributed by atoms with E-state index in [9.17, 15) is 0 Å². The second-order valence-corrected chi connectivity index (χ2v) is 5.29. The van der Waals surface area contributed by atoms with Crippen molar-refractivity contribution in [1.82, 2.24) is 0 Å². The lowest BCUT2D eigenvalue weighted by Crippen LogP contribution is -2.10. The molecule has 2 aromatic rings. The van der Waals surface area contributed by atoms with Gasteiger partial charge < -0.3 is 14.8 Å². The maximum Gasteiger partial charge on any atom is 0.119 e. The highest BCUT2D eigenvalue weighted by Crippen LogP contribution is 2.13. The third-order valence-corrected chi connectivity index (χ3v) is 3.57. The average Bonchev–Trinajstić information content (AvgIpc) is 2.61. The Balaban J connectivity index is 1.90. The molecule has 1 N–H and O–H groups in total. The van der Waals surface area contributed by atoms with Crippen molar-refractivity contribution in [2.45, 2.75) is 19.4 Å². The van der Waals surface area contributed by atoms with Crippen LogP contribution in [-0.4, -0.2) is 26.9 Å². The first kappa shape index (κ1) is 16.9. The molecule has 0 aliphatic rings. The quantitative estimate of drug-likeness (QED) is 0.820. The molecule has 1 unspecified atom stereocenters. The summed E-state index contributed by atoms with van der Waals surface area (Å²) in [5, 5.41) is 3.09. The number of hydrogen-bond acceptors (Lipinski definition) is 3. The molecule has 2 aromatic carbocycles. The minimum Gasteiger partial charge on any atom is -0.493 e. The molecule has 0 radical (unpaired) electrons. The summed E-state index contributed by atoms with van der Waals surface area (Å²) in [5.74, 6) is 7.18. The molecule has 0 amide bonds. The second-order valence-electron chi connectivity index (χ2n) is 5.29. The van der Waals surface area contributed by atoms with E-state index in [0.29, 0.717) is 6.61 Å². The SMILES string of the molecule is CNc1ccc(C#Cc2ccc(OCCC(C)OC)cc2)cc1. The van der Waals surface area contributed by atoms with E-state index < -0.39 is 0 Å². The van der Waals surface area contributed by atoms with Gasteiger partial charge >= 0.3 is 0 Å². The van der Waals surface area contributed by atoms with Crippen LogP contribution >= 0.6 is 0 Å². The lowest BCUT2D eigenvalue weighted by Gasteiger charge is -2.10. The summed E-state index contributed by atoms with van der Waals surface area (Å²) in [4.78, 5) is 0. The summed E-state index contributed by atoms with van der Waals surface area (Å²) >= 11 is 0. The number of benzene rings is 2. The van der Waals surface area contributed by atoms with Gasteiger partial charge in [0.25, 0.3) is 0 Å². The van der Waals surface area contributed by atoms with Gasteiger partial charge in [-0.3, -0.25) is 0 Å². The fourth-order valence-corrected chi connectivity index (χ4v) is 1.96. The number of hydrogen-bond donors (Lipinski definition) is 1. The van der Waals surface area contributed by atoms with Gasteiger partial charge in [-0.1, -0.05) is 11.8 Å². The van der Waals surface area contributed by atoms with Gasteiger partial charge in [-0.25, -0.2) is 0 Å². The van der Waals surface area contributed by atoms with Crippen LogP contribution in [0.2, 0.25) is 0 Å². The number of methoxy groups -OCH3 is 1. The van der Waals surface area contributed by atoms with E-state index in [0.717, 1.165) is 29.0 Å². The minimum atomic E-state index is 0.217. The lowest BCUT2D eigenvalue weighted by atomic mass is 10.1. The number of rotatable bonds is 6. The van der Waals surface area contributed by atoms with Crippen molar-refractivity contribution in [3.63, 3.8) is 0 Å². The Bertz CT molecular complexity index is 651. The van der Waals surface area contributed by atoms with Crippen molar-refractivity contribution >= 4 is 5.69 Å². The maximum absolute atomic E-state index is 5.69. The number of ether oxygens (including phenoxy) is 2. The standard InChI is InChI=1S/C20H23NO2/c1-16(22-3)14-15-23-20-12-8-18(9-13-20)5-4-17-6-10-19(21-2)11-7-17/h6-13,16,21H,14-15H2,1-3H3. The highest BCUT2D eigenvalue weighted by molar-refractivity contribution is 5.50. The molecule has 0 fully saturated rings. The van der Waals surface area contributed by atoms with Crippen LogP contribution in [0.3, 0.4) is 0 Å². The topological polar surface area (TPSA) is 30.5 Å². The largest absolute Gasteiger partial charge is 0.493 e. The van der Waals surface area contributed by atoms with E-state index in [2.05, 4.69) is 17.2 Å². The highest BCUT2D eigenvalue weighted by Gasteiger charge is 2.00. The Labute approximate surface area is 138 Å². The van der Waals surface area contributed by atoms with Gasteiger partial charge in [0.1, 0.15) is 5.75 Å². The van der Waals surface area contributed by atoms with Crippen molar-refractivity contribution < 1.29 is 9.47 Å². The fourth-order valence-electron chi connectivity index (χ4n) is 1.96. The van der Waals surface area contributed by atoms with Gasteiger partial charge in [0.2, 0.25) is 0 Å². The van der Waals surface area contributed by atoms with Gasteiger partial charge in [0, 0.05) is 37.4 Å². The number of nitrogens with one attached hydrogen (secondary N) is 1. The maximum atomic E-state index is 5.69. The Morgan fingerprint density at radius 1 is 0.957 bits per heavy atom. The molecule has 0 aromatic heterocycles. The van der Waals surface area contributed by atoms with Crippen molar-refractivity contribution in [2.75, 3.05) is 26.1 Å². The molecule has 3 nitrogen and oxygen atoms in total. The fraction of sp³-hybridized carbons (Fsp3) is 0.300. The zero-order valence-electron chi connectivity index (χ0n) is 13.9. The molecular formula is C20H23NO2. The third-order valence-electron chi connectivity index (χ3n) is 3.57. The highest BCUT2D eigenvalue weighted by atomic mass is 16.5. The third kappa shape index (κ3) is 5.69. The number of anilines is 1. The van der Waals surface area contributed by atoms with E-state index in [-0.39, 0.29) is 6.10 Å². The van der Waals surface area contributed by atoms with Crippen molar-refractivity contribution in [1.29, 1.82) is 0 Å². The predicted octanol–water partition coefficient (Wildman–Crippen LogP) is 3.93. The van der Waals surface area contributed by atoms with Crippen LogP contribution in [0.5, 0.6) is 5.75 Å². The van der Waals surface area contributed by atoms with E-state index in [4.69, 9.17) is 9.47 Å². The Kier molecular flexibility index (Phi) is 6.53. The van der Waals surface area contributed by atoms with Crippen LogP contribution in [0.15, 0.2) is 48.5 Å². The lowest BCUT2D eigenvalue weighted by molar-refractivity contribution is 0.0956. The van der Waals surface area contributed by atoms with Gasteiger partial charge in [-0.2, -0.15) is 0 Å². The average molecular weight is 309 g/mol. The van der Waals surface area contributed by atoms with Crippen molar-refractivity contribution in [3.05, 3.63) is 59.7 Å². The smallest absolute Gasteiger partial charge is 0.119 e. The molecule has 3 heteroatoms. The van der Waals surface area contributed by atoms with Crippen LogP contribution in [0.25, 0.3) is 0 Å². The van der Waals surface area contributed by atoms with Gasteiger partial charge in [0.05, 0.1) is 12.7 Å². The summed E-state index contributed by atoms with van der Waals surface area (Å²) in [6.45, 7) is 2.68. The molecule has 1 atom stereocenters. The molecule has 120 valence electrons. The summed E-state index contributed by atoms with van der Waals surface area (Å²) < 4.78 is 10.9. The Hall–Kier alpha value is -2.44. The molecule has 0 aliphatic carbocycles. The summed E-state index contributed by atoms with van der Waals surface area (Å²) in [6.07, 6.45) is 1.09. The van der Waals surface area contributed by atoms with Gasteiger partial charge in [0.15, 0.2) is 0 Å². The molecule has 0 saturated heterocycles. The van der Waals surface area contributed by atoms with Crippen molar-refractivity contribution in [3.8, 4) is 17.6 Å². The van der Waals surface area contributed by atoms with E-state index in [1.807, 2.05) is 62.5 Å². The first-order chi connectivity index (χ1) is 11.2. The first-order valence-electron chi connectivity index (χ1n) is 7.77. The molecule has 0 saturated carbocycles. The normalized spacial score (nSPS) is 11.3. The van der Waals surface area contributed by atoms with E-state index >= 15 is 0 Å². The monoisotopic (exact) mass is 309 g/mol. The summed E-state index contributed by atoms with van der Waals surface area (Å²) in [6, 6.07) is 15.9. The van der Waals surface area contributed by atoms with Crippen LogP contribution < -0.4 is 10.1 Å². The first-order valence-corrected chi connectivity index (χ1v) is 7.77. The summed E-state index contributed by atoms with van der Waals surface area (Å²) in [5.41, 5.74) is 3.05. The minimum absolute atomic E-state index is 0.217. The second kappa shape index (κ2) is 8.87. The molecular weight excluding hydrogens is 286 g/mol. The Morgan fingerprint density at radius 3 is 2.04 bits per heavy atom. The van der Waals surface area contributed by atoms with E-state index in [1.165, 1.54) is 0 Å².